The Morgan fingerprint density at radius 2 is 2.00 bits per heavy atom. The highest BCUT2D eigenvalue weighted by atomic mass is 16.3. The molecule has 0 rings (SSSR count). The zero-order valence-corrected chi connectivity index (χ0v) is 7.44. The molecular formula is C9H18O. The maximum atomic E-state index is 9.88. The Morgan fingerprint density at radius 3 is 2.00 bits per heavy atom. The molecule has 60 valence electrons. The molecule has 1 unspecified atom stereocenters. The molecule has 0 aliphatic rings. The summed E-state index contributed by atoms with van der Waals surface area (Å²) in [4.78, 5) is 0. The summed E-state index contributed by atoms with van der Waals surface area (Å²) < 4.78 is 0. The largest absolute Gasteiger partial charge is 0.385 e. The van der Waals surface area contributed by atoms with Gasteiger partial charge in [0.15, 0.2) is 0 Å². The first-order valence-electron chi connectivity index (χ1n) is 3.83. The van der Waals surface area contributed by atoms with Gasteiger partial charge in [0, 0.05) is 0 Å². The van der Waals surface area contributed by atoms with Gasteiger partial charge in [0.05, 0.1) is 5.60 Å². The molecule has 1 nitrogen and oxygen atoms in total. The average Bonchev–Trinajstić information content (AvgIpc) is 1.85. The van der Waals surface area contributed by atoms with Crippen LogP contribution in [0.4, 0.5) is 0 Å². The van der Waals surface area contributed by atoms with E-state index in [1.54, 1.807) is 0 Å². The zero-order valence-electron chi connectivity index (χ0n) is 7.44. The molecule has 0 bridgehead atoms. The van der Waals surface area contributed by atoms with Crippen LogP contribution in [0.5, 0.6) is 0 Å². The molecule has 0 radical (unpaired) electrons. The molecular weight excluding hydrogens is 124 g/mol. The third-order valence-electron chi connectivity index (χ3n) is 2.23. The second-order valence-electron chi connectivity index (χ2n) is 3.21. The normalized spacial score (nSPS) is 17.0. The number of rotatable bonds is 3. The molecule has 1 atom stereocenters. The Kier molecular flexibility index (Phi) is 3.10. The fraction of sp³-hybridized carbons (Fsp3) is 0.778. The van der Waals surface area contributed by atoms with Crippen LogP contribution in [0.25, 0.3) is 0 Å². The molecule has 0 amide bonds. The predicted octanol–water partition coefficient (Wildman–Crippen LogP) is 2.36. The first kappa shape index (κ1) is 9.70. The van der Waals surface area contributed by atoms with Gasteiger partial charge in [-0.1, -0.05) is 27.4 Å². The van der Waals surface area contributed by atoms with Gasteiger partial charge in [-0.2, -0.15) is 0 Å². The van der Waals surface area contributed by atoms with Crippen molar-refractivity contribution in [2.75, 3.05) is 0 Å². The second-order valence-corrected chi connectivity index (χ2v) is 3.21. The zero-order chi connectivity index (χ0) is 8.36. The van der Waals surface area contributed by atoms with E-state index >= 15 is 0 Å². The van der Waals surface area contributed by atoms with Gasteiger partial charge in [-0.05, 0) is 24.8 Å². The maximum Gasteiger partial charge on any atom is 0.0871 e. The number of aliphatic hydroxyl groups is 1. The third kappa shape index (κ3) is 1.60. The van der Waals surface area contributed by atoms with Crippen molar-refractivity contribution in [1.82, 2.24) is 0 Å². The molecule has 0 heterocycles. The van der Waals surface area contributed by atoms with Crippen LogP contribution >= 0.6 is 0 Å². The minimum atomic E-state index is -0.653. The van der Waals surface area contributed by atoms with Crippen molar-refractivity contribution in [3.63, 3.8) is 0 Å². The fourth-order valence-electron chi connectivity index (χ4n) is 1.20. The Hall–Kier alpha value is -0.300. The summed E-state index contributed by atoms with van der Waals surface area (Å²) in [5.74, 6) is 0.259. The van der Waals surface area contributed by atoms with E-state index in [1.165, 1.54) is 0 Å². The summed E-state index contributed by atoms with van der Waals surface area (Å²) in [6.07, 6.45) is 0.750. The first-order chi connectivity index (χ1) is 4.45. The van der Waals surface area contributed by atoms with Crippen molar-refractivity contribution in [3.8, 4) is 0 Å². The summed E-state index contributed by atoms with van der Waals surface area (Å²) >= 11 is 0. The van der Waals surface area contributed by atoms with E-state index in [-0.39, 0.29) is 5.92 Å². The van der Waals surface area contributed by atoms with Crippen LogP contribution in [0.3, 0.4) is 0 Å². The highest BCUT2D eigenvalue weighted by Crippen LogP contribution is 2.27. The van der Waals surface area contributed by atoms with E-state index in [9.17, 15) is 5.11 Å². The van der Waals surface area contributed by atoms with Gasteiger partial charge in [-0.3, -0.25) is 0 Å². The molecule has 10 heavy (non-hydrogen) atoms. The molecule has 0 saturated carbocycles. The van der Waals surface area contributed by atoms with E-state index in [4.69, 9.17) is 0 Å². The summed E-state index contributed by atoms with van der Waals surface area (Å²) in [6.45, 7) is 11.7. The standard InChI is InChI=1S/C9H18O/c1-6-9(10,7(2)3)8(4)5/h8,10H,2,6H2,1,3-5H3. The van der Waals surface area contributed by atoms with Gasteiger partial charge in [0.1, 0.15) is 0 Å². The smallest absolute Gasteiger partial charge is 0.0871 e. The topological polar surface area (TPSA) is 20.2 Å². The quantitative estimate of drug-likeness (QED) is 0.600. The molecule has 0 fully saturated rings. The van der Waals surface area contributed by atoms with Gasteiger partial charge in [-0.25, -0.2) is 0 Å². The molecule has 0 aromatic heterocycles. The number of hydrogen-bond acceptors (Lipinski definition) is 1. The number of hydrogen-bond donors (Lipinski definition) is 1. The van der Waals surface area contributed by atoms with Crippen LogP contribution in [-0.4, -0.2) is 10.7 Å². The average molecular weight is 142 g/mol. The van der Waals surface area contributed by atoms with E-state index in [1.807, 2.05) is 27.7 Å². The van der Waals surface area contributed by atoms with Crippen molar-refractivity contribution >= 4 is 0 Å². The van der Waals surface area contributed by atoms with Crippen LogP contribution in [0.15, 0.2) is 12.2 Å². The van der Waals surface area contributed by atoms with Crippen LogP contribution in [-0.2, 0) is 0 Å². The minimum Gasteiger partial charge on any atom is -0.385 e. The molecule has 0 aromatic carbocycles. The second kappa shape index (κ2) is 3.20. The lowest BCUT2D eigenvalue weighted by atomic mass is 9.82. The SMILES string of the molecule is C=C(C)C(O)(CC)C(C)C. The fourth-order valence-corrected chi connectivity index (χ4v) is 1.20. The van der Waals surface area contributed by atoms with Crippen molar-refractivity contribution in [1.29, 1.82) is 0 Å². The summed E-state index contributed by atoms with van der Waals surface area (Å²) in [7, 11) is 0. The van der Waals surface area contributed by atoms with Crippen LogP contribution in [0.2, 0.25) is 0 Å². The lowest BCUT2D eigenvalue weighted by Gasteiger charge is -2.31. The third-order valence-corrected chi connectivity index (χ3v) is 2.23. The monoisotopic (exact) mass is 142 g/mol. The summed E-state index contributed by atoms with van der Waals surface area (Å²) in [5.41, 5.74) is 0.213. The lowest BCUT2D eigenvalue weighted by Crippen LogP contribution is -2.34. The van der Waals surface area contributed by atoms with E-state index < -0.39 is 5.60 Å². The highest BCUT2D eigenvalue weighted by molar-refractivity contribution is 5.10. The van der Waals surface area contributed by atoms with Gasteiger partial charge in [-0.15, -0.1) is 0 Å². The van der Waals surface area contributed by atoms with E-state index in [0.29, 0.717) is 0 Å². The Balaban J connectivity index is 4.38. The van der Waals surface area contributed by atoms with Crippen molar-refractivity contribution < 1.29 is 5.11 Å². The van der Waals surface area contributed by atoms with E-state index in [2.05, 4.69) is 6.58 Å². The Morgan fingerprint density at radius 1 is 1.60 bits per heavy atom. The molecule has 0 aliphatic heterocycles. The lowest BCUT2D eigenvalue weighted by molar-refractivity contribution is 0.0281. The van der Waals surface area contributed by atoms with Crippen molar-refractivity contribution in [2.24, 2.45) is 5.92 Å². The van der Waals surface area contributed by atoms with Crippen molar-refractivity contribution in [3.05, 3.63) is 12.2 Å². The summed E-state index contributed by atoms with van der Waals surface area (Å²) in [6, 6.07) is 0. The molecule has 0 aliphatic carbocycles. The summed E-state index contributed by atoms with van der Waals surface area (Å²) in [5, 5.41) is 9.88. The van der Waals surface area contributed by atoms with Crippen LogP contribution in [0.1, 0.15) is 34.1 Å². The first-order valence-corrected chi connectivity index (χ1v) is 3.83. The van der Waals surface area contributed by atoms with Gasteiger partial charge < -0.3 is 5.11 Å². The van der Waals surface area contributed by atoms with Crippen molar-refractivity contribution in [2.45, 2.75) is 39.7 Å². The predicted molar refractivity (Wildman–Crippen MR) is 44.9 cm³/mol. The Bertz CT molecular complexity index is 127. The molecule has 1 heteroatoms. The minimum absolute atomic E-state index is 0.259. The van der Waals surface area contributed by atoms with Crippen LogP contribution in [0, 0.1) is 5.92 Å². The molecule has 1 N–H and O–H groups in total. The van der Waals surface area contributed by atoms with E-state index in [0.717, 1.165) is 12.0 Å². The molecule has 0 saturated heterocycles. The van der Waals surface area contributed by atoms with Gasteiger partial charge >= 0.3 is 0 Å². The van der Waals surface area contributed by atoms with Gasteiger partial charge in [0.25, 0.3) is 0 Å². The van der Waals surface area contributed by atoms with Gasteiger partial charge in [0.2, 0.25) is 0 Å². The molecule has 0 aromatic rings. The maximum absolute atomic E-state index is 9.88. The Labute approximate surface area is 63.8 Å². The molecule has 0 spiro atoms. The van der Waals surface area contributed by atoms with Crippen LogP contribution < -0.4 is 0 Å². The highest BCUT2D eigenvalue weighted by Gasteiger charge is 2.29.